The number of carbonyl (C=O) groups excluding carboxylic acids is 4. The van der Waals surface area contributed by atoms with E-state index in [1.165, 1.54) is 13.0 Å². The Hall–Kier alpha value is -3.67. The lowest BCUT2D eigenvalue weighted by Gasteiger charge is -2.44. The van der Waals surface area contributed by atoms with Crippen molar-refractivity contribution in [2.75, 3.05) is 13.2 Å². The first-order valence-corrected chi connectivity index (χ1v) is 13.3. The topological polar surface area (TPSA) is 144 Å². The highest BCUT2D eigenvalue weighted by Crippen LogP contribution is 2.40. The first-order chi connectivity index (χ1) is 19.4. The summed E-state index contributed by atoms with van der Waals surface area (Å²) in [6.07, 6.45) is -7.26. The maximum atomic E-state index is 12.2. The minimum atomic E-state index is -1.32. The van der Waals surface area contributed by atoms with Crippen molar-refractivity contribution in [2.24, 2.45) is 0 Å². The average molecular weight is 593 g/mol. The Bertz CT molecular complexity index is 1250. The Balaban J connectivity index is 2.08. The van der Waals surface area contributed by atoms with Crippen molar-refractivity contribution < 1.29 is 52.7 Å². The summed E-state index contributed by atoms with van der Waals surface area (Å²) in [6, 6.07) is 11.6. The van der Waals surface area contributed by atoms with Crippen LogP contribution < -0.4 is 4.74 Å². The van der Waals surface area contributed by atoms with Crippen LogP contribution in [0.3, 0.4) is 0 Å². The van der Waals surface area contributed by atoms with Gasteiger partial charge in [-0.25, -0.2) is 0 Å². The van der Waals surface area contributed by atoms with Gasteiger partial charge in [0.25, 0.3) is 0 Å². The lowest BCUT2D eigenvalue weighted by atomic mass is 9.89. The summed E-state index contributed by atoms with van der Waals surface area (Å²) < 4.78 is 33.3. The van der Waals surface area contributed by atoms with Gasteiger partial charge in [-0.05, 0) is 42.3 Å². The summed E-state index contributed by atoms with van der Waals surface area (Å²) in [7, 11) is 0. The number of benzene rings is 2. The summed E-state index contributed by atoms with van der Waals surface area (Å²) in [6.45, 7) is 6.65. The summed E-state index contributed by atoms with van der Waals surface area (Å²) >= 11 is 6.48. The molecule has 1 unspecified atom stereocenters. The molecule has 12 heteroatoms. The third kappa shape index (κ3) is 8.42. The van der Waals surface area contributed by atoms with E-state index in [9.17, 15) is 24.3 Å². The summed E-state index contributed by atoms with van der Waals surface area (Å²) in [5.41, 5.74) is 1.25. The summed E-state index contributed by atoms with van der Waals surface area (Å²) in [5.74, 6) is -2.16. The van der Waals surface area contributed by atoms with E-state index in [4.69, 9.17) is 40.0 Å². The van der Waals surface area contributed by atoms with Gasteiger partial charge in [0.15, 0.2) is 18.3 Å². The van der Waals surface area contributed by atoms with Crippen LogP contribution >= 0.6 is 11.6 Å². The van der Waals surface area contributed by atoms with E-state index in [1.54, 1.807) is 36.4 Å². The molecule has 1 saturated heterocycles. The number of aliphatic hydroxyl groups is 1. The minimum Gasteiger partial charge on any atom is -0.494 e. The normalized spacial score (nSPS) is 22.7. The van der Waals surface area contributed by atoms with Crippen LogP contribution in [0.1, 0.15) is 63.5 Å². The fraction of sp³-hybridized carbons (Fsp3) is 0.448. The zero-order valence-electron chi connectivity index (χ0n) is 23.3. The van der Waals surface area contributed by atoms with Gasteiger partial charge in [-0.15, -0.1) is 0 Å². The molecular weight excluding hydrogens is 560 g/mol. The molecular formula is C29H33ClO11. The van der Waals surface area contributed by atoms with Crippen LogP contribution in [0.25, 0.3) is 0 Å². The predicted octanol–water partition coefficient (Wildman–Crippen LogP) is 3.62. The van der Waals surface area contributed by atoms with Gasteiger partial charge in [-0.2, -0.15) is 0 Å². The number of carbonyl (C=O) groups is 4. The fourth-order valence-electron chi connectivity index (χ4n) is 4.54. The molecule has 0 amide bonds. The molecule has 11 nitrogen and oxygen atoms in total. The Labute approximate surface area is 242 Å². The van der Waals surface area contributed by atoms with Crippen LogP contribution in [-0.2, 0) is 42.9 Å². The second kappa shape index (κ2) is 14.3. The van der Waals surface area contributed by atoms with Gasteiger partial charge in [-0.1, -0.05) is 29.8 Å². The molecule has 6 atom stereocenters. The third-order valence-electron chi connectivity index (χ3n) is 6.14. The summed E-state index contributed by atoms with van der Waals surface area (Å²) in [5, 5.41) is 11.5. The quantitative estimate of drug-likeness (QED) is 0.319. The zero-order valence-corrected chi connectivity index (χ0v) is 24.1. The number of hydrogen-bond donors (Lipinski definition) is 1. The zero-order chi connectivity index (χ0) is 30.3. The molecule has 0 spiro atoms. The first-order valence-electron chi connectivity index (χ1n) is 12.9. The van der Waals surface area contributed by atoms with Gasteiger partial charge in [0.05, 0.1) is 6.61 Å². The molecule has 0 radical (unpaired) electrons. The maximum Gasteiger partial charge on any atom is 0.303 e. The molecule has 1 aliphatic rings. The fourth-order valence-corrected chi connectivity index (χ4v) is 4.76. The molecule has 0 bridgehead atoms. The molecule has 2 aromatic carbocycles. The Kier molecular flexibility index (Phi) is 11.1. The van der Waals surface area contributed by atoms with Crippen LogP contribution in [0.5, 0.6) is 5.75 Å². The Morgan fingerprint density at radius 1 is 0.854 bits per heavy atom. The molecule has 3 rings (SSSR count). The second-order valence-electron chi connectivity index (χ2n) is 9.31. The highest BCUT2D eigenvalue weighted by Gasteiger charge is 2.52. The SMILES string of the molecule is CCOc1ccc(C(O)c2cc([C@@H]3O[C@H](COC(C)=O)[C@@H](OC(C)=O)[C@@H](OC(C)=O)[C@H]3OC(C)=O)ccc2Cl)cc1. The molecule has 1 fully saturated rings. The van der Waals surface area contributed by atoms with Crippen molar-refractivity contribution in [1.29, 1.82) is 0 Å². The minimum absolute atomic E-state index is 0.251. The molecule has 1 N–H and O–H groups in total. The standard InChI is InChI=1S/C29H33ClO11/c1-6-36-21-10-7-19(8-11-21)25(35)22-13-20(9-12-23(22)30)26-28(39-17(4)33)29(40-18(5)34)27(38-16(3)32)24(41-26)14-37-15(2)31/h7-13,24-29,35H,6,14H2,1-5H3/t24-,25?,26+,27-,28+,29-/m1/s1. The molecule has 1 aliphatic heterocycles. The molecule has 0 aromatic heterocycles. The smallest absolute Gasteiger partial charge is 0.303 e. The van der Waals surface area contributed by atoms with Gasteiger partial charge in [0.2, 0.25) is 0 Å². The third-order valence-corrected chi connectivity index (χ3v) is 6.49. The van der Waals surface area contributed by atoms with Gasteiger partial charge in [-0.3, -0.25) is 19.2 Å². The van der Waals surface area contributed by atoms with Crippen molar-refractivity contribution in [1.82, 2.24) is 0 Å². The molecule has 2 aromatic rings. The lowest BCUT2D eigenvalue weighted by Crippen LogP contribution is -2.59. The highest BCUT2D eigenvalue weighted by molar-refractivity contribution is 6.31. The van der Waals surface area contributed by atoms with E-state index in [0.29, 0.717) is 29.0 Å². The Morgan fingerprint density at radius 2 is 1.44 bits per heavy atom. The largest absolute Gasteiger partial charge is 0.494 e. The number of rotatable bonds is 10. The molecule has 41 heavy (non-hydrogen) atoms. The number of ether oxygens (including phenoxy) is 6. The van der Waals surface area contributed by atoms with E-state index >= 15 is 0 Å². The Morgan fingerprint density at radius 3 is 2.00 bits per heavy atom. The van der Waals surface area contributed by atoms with Crippen LogP contribution in [-0.4, -0.2) is 66.6 Å². The van der Waals surface area contributed by atoms with Crippen molar-refractivity contribution in [3.63, 3.8) is 0 Å². The number of esters is 4. The number of hydrogen-bond acceptors (Lipinski definition) is 11. The van der Waals surface area contributed by atoms with Crippen molar-refractivity contribution in [3.05, 3.63) is 64.2 Å². The lowest BCUT2D eigenvalue weighted by molar-refractivity contribution is -0.254. The van der Waals surface area contributed by atoms with Gasteiger partial charge in [0.1, 0.15) is 30.7 Å². The van der Waals surface area contributed by atoms with E-state index < -0.39 is 60.5 Å². The van der Waals surface area contributed by atoms with Crippen LogP contribution in [0, 0.1) is 0 Å². The van der Waals surface area contributed by atoms with Crippen molar-refractivity contribution >= 4 is 35.5 Å². The van der Waals surface area contributed by atoms with E-state index in [1.807, 2.05) is 6.92 Å². The van der Waals surface area contributed by atoms with Crippen molar-refractivity contribution in [3.8, 4) is 5.75 Å². The molecule has 0 saturated carbocycles. The summed E-state index contributed by atoms with van der Waals surface area (Å²) in [4.78, 5) is 47.8. The number of halogens is 1. The maximum absolute atomic E-state index is 12.2. The first kappa shape index (κ1) is 31.9. The van der Waals surface area contributed by atoms with Gasteiger partial charge >= 0.3 is 23.9 Å². The highest BCUT2D eigenvalue weighted by atomic mass is 35.5. The van der Waals surface area contributed by atoms with E-state index in [2.05, 4.69) is 0 Å². The van der Waals surface area contributed by atoms with Gasteiger partial charge < -0.3 is 33.5 Å². The molecule has 1 heterocycles. The van der Waals surface area contributed by atoms with E-state index in [0.717, 1.165) is 20.8 Å². The molecule has 0 aliphatic carbocycles. The average Bonchev–Trinajstić information content (AvgIpc) is 2.90. The monoisotopic (exact) mass is 592 g/mol. The number of aliphatic hydroxyl groups excluding tert-OH is 1. The van der Waals surface area contributed by atoms with Crippen LogP contribution in [0.2, 0.25) is 5.02 Å². The molecule has 222 valence electrons. The van der Waals surface area contributed by atoms with Crippen LogP contribution in [0.15, 0.2) is 42.5 Å². The second-order valence-corrected chi connectivity index (χ2v) is 9.71. The van der Waals surface area contributed by atoms with Crippen molar-refractivity contribution in [2.45, 2.75) is 71.2 Å². The predicted molar refractivity (Wildman–Crippen MR) is 144 cm³/mol. The van der Waals surface area contributed by atoms with E-state index in [-0.39, 0.29) is 11.6 Å². The van der Waals surface area contributed by atoms with Crippen LogP contribution in [0.4, 0.5) is 0 Å². The van der Waals surface area contributed by atoms with Gasteiger partial charge in [0, 0.05) is 38.3 Å².